The van der Waals surface area contributed by atoms with E-state index in [1.807, 2.05) is 0 Å². The number of benzene rings is 2. The first-order valence-electron chi connectivity index (χ1n) is 5.96. The van der Waals surface area contributed by atoms with Crippen molar-refractivity contribution >= 4 is 33.5 Å². The van der Waals surface area contributed by atoms with Crippen LogP contribution in [0.1, 0.15) is 20.7 Å². The topological polar surface area (TPSA) is 57.6 Å². The highest BCUT2D eigenvalue weighted by molar-refractivity contribution is 9.10. The van der Waals surface area contributed by atoms with Crippen LogP contribution in [0.5, 0.6) is 0 Å². The van der Waals surface area contributed by atoms with Gasteiger partial charge in [0.15, 0.2) is 0 Å². The van der Waals surface area contributed by atoms with Gasteiger partial charge in [-0.25, -0.2) is 9.18 Å². The molecule has 108 valence electrons. The van der Waals surface area contributed by atoms with Gasteiger partial charge in [-0.15, -0.1) is 0 Å². The third-order valence-electron chi connectivity index (χ3n) is 2.97. The van der Waals surface area contributed by atoms with E-state index in [4.69, 9.17) is 5.11 Å². The minimum atomic E-state index is -1.05. The van der Waals surface area contributed by atoms with E-state index in [0.717, 1.165) is 0 Å². The first kappa shape index (κ1) is 15.2. The van der Waals surface area contributed by atoms with Gasteiger partial charge in [0.2, 0.25) is 0 Å². The van der Waals surface area contributed by atoms with Gasteiger partial charge in [-0.3, -0.25) is 4.79 Å². The van der Waals surface area contributed by atoms with E-state index in [9.17, 15) is 14.0 Å². The number of carbonyl (C=O) groups is 2. The molecule has 0 aliphatic carbocycles. The number of rotatable bonds is 3. The van der Waals surface area contributed by atoms with Crippen LogP contribution in [0, 0.1) is 5.82 Å². The lowest BCUT2D eigenvalue weighted by Crippen LogP contribution is -2.27. The molecule has 0 aromatic heterocycles. The summed E-state index contributed by atoms with van der Waals surface area (Å²) in [6.45, 7) is 0. The highest BCUT2D eigenvalue weighted by atomic mass is 79.9. The fourth-order valence-corrected chi connectivity index (χ4v) is 2.12. The average Bonchev–Trinajstić information content (AvgIpc) is 2.46. The molecule has 0 fully saturated rings. The number of halogens is 2. The van der Waals surface area contributed by atoms with E-state index in [1.165, 1.54) is 48.3 Å². The molecule has 2 rings (SSSR count). The number of hydrogen-bond donors (Lipinski definition) is 1. The normalized spacial score (nSPS) is 10.2. The molecule has 0 heterocycles. The summed E-state index contributed by atoms with van der Waals surface area (Å²) in [4.78, 5) is 24.3. The third-order valence-corrected chi connectivity index (χ3v) is 3.46. The van der Waals surface area contributed by atoms with E-state index >= 15 is 0 Å². The number of aromatic carboxylic acids is 1. The molecule has 0 radical (unpaired) electrons. The van der Waals surface area contributed by atoms with Crippen molar-refractivity contribution in [3.05, 3.63) is 63.9 Å². The Balaban J connectivity index is 2.28. The number of anilines is 1. The lowest BCUT2D eigenvalue weighted by molar-refractivity contribution is 0.0696. The third kappa shape index (κ3) is 3.28. The Morgan fingerprint density at radius 3 is 2.29 bits per heavy atom. The summed E-state index contributed by atoms with van der Waals surface area (Å²) in [5.41, 5.74) is 0.546. The van der Waals surface area contributed by atoms with E-state index in [2.05, 4.69) is 15.9 Å². The molecule has 0 saturated heterocycles. The summed E-state index contributed by atoms with van der Waals surface area (Å²) >= 11 is 3.13. The van der Waals surface area contributed by atoms with Crippen molar-refractivity contribution in [1.29, 1.82) is 0 Å². The molecule has 0 bridgehead atoms. The second-order valence-corrected chi connectivity index (χ2v) is 5.26. The lowest BCUT2D eigenvalue weighted by Gasteiger charge is -2.18. The van der Waals surface area contributed by atoms with Crippen molar-refractivity contribution in [3.8, 4) is 0 Å². The van der Waals surface area contributed by atoms with Gasteiger partial charge in [-0.05, 0) is 42.5 Å². The first-order chi connectivity index (χ1) is 9.90. The molecule has 1 amide bonds. The molecular formula is C15H11BrFNO3. The molecule has 6 heteroatoms. The Hall–Kier alpha value is -2.21. The minimum Gasteiger partial charge on any atom is -0.478 e. The Bertz CT molecular complexity index is 701. The van der Waals surface area contributed by atoms with Crippen LogP contribution in [0.25, 0.3) is 0 Å². The summed E-state index contributed by atoms with van der Waals surface area (Å²) < 4.78 is 14.3. The zero-order chi connectivity index (χ0) is 15.6. The summed E-state index contributed by atoms with van der Waals surface area (Å²) in [6.07, 6.45) is 0. The van der Waals surface area contributed by atoms with Crippen LogP contribution in [0.15, 0.2) is 46.9 Å². The Morgan fingerprint density at radius 2 is 1.76 bits per heavy atom. The Morgan fingerprint density at radius 1 is 1.14 bits per heavy atom. The number of carbonyl (C=O) groups excluding carboxylic acids is 1. The summed E-state index contributed by atoms with van der Waals surface area (Å²) in [5.74, 6) is -2.18. The maximum atomic E-state index is 13.8. The van der Waals surface area contributed by atoms with E-state index < -0.39 is 17.7 Å². The largest absolute Gasteiger partial charge is 0.478 e. The van der Waals surface area contributed by atoms with Crippen LogP contribution in [-0.4, -0.2) is 24.0 Å². The quantitative estimate of drug-likeness (QED) is 0.919. The molecule has 4 nitrogen and oxygen atoms in total. The van der Waals surface area contributed by atoms with Crippen molar-refractivity contribution in [3.63, 3.8) is 0 Å². The minimum absolute atomic E-state index is 0.0528. The number of nitrogens with zero attached hydrogens (tertiary/aromatic N) is 1. The molecule has 0 aliphatic rings. The summed E-state index contributed by atoms with van der Waals surface area (Å²) in [6, 6.07) is 9.96. The maximum Gasteiger partial charge on any atom is 0.335 e. The van der Waals surface area contributed by atoms with Crippen LogP contribution in [-0.2, 0) is 0 Å². The first-order valence-corrected chi connectivity index (χ1v) is 6.76. The van der Waals surface area contributed by atoms with E-state index in [0.29, 0.717) is 10.2 Å². The van der Waals surface area contributed by atoms with Crippen molar-refractivity contribution < 1.29 is 19.1 Å². The maximum absolute atomic E-state index is 13.8. The zero-order valence-corrected chi connectivity index (χ0v) is 12.6. The highest BCUT2D eigenvalue weighted by Crippen LogP contribution is 2.20. The number of hydrogen-bond acceptors (Lipinski definition) is 2. The molecule has 2 aromatic carbocycles. The van der Waals surface area contributed by atoms with Crippen molar-refractivity contribution in [2.24, 2.45) is 0 Å². The fourth-order valence-electron chi connectivity index (χ4n) is 1.79. The predicted molar refractivity (Wildman–Crippen MR) is 80.2 cm³/mol. The van der Waals surface area contributed by atoms with Crippen LogP contribution < -0.4 is 4.90 Å². The molecule has 0 saturated carbocycles. The molecule has 21 heavy (non-hydrogen) atoms. The van der Waals surface area contributed by atoms with Crippen molar-refractivity contribution in [2.45, 2.75) is 0 Å². The second kappa shape index (κ2) is 6.05. The van der Waals surface area contributed by atoms with Crippen LogP contribution in [0.2, 0.25) is 0 Å². The van der Waals surface area contributed by atoms with E-state index in [1.54, 1.807) is 6.07 Å². The van der Waals surface area contributed by atoms with Gasteiger partial charge in [-0.2, -0.15) is 0 Å². The number of amides is 1. The standard InChI is InChI=1S/C15H11BrFNO3/c1-18(11-5-2-9(3-6-11)15(20)21)14(19)12-7-4-10(16)8-13(12)17/h2-8H,1H3,(H,20,21). The summed E-state index contributed by atoms with van der Waals surface area (Å²) in [5, 5.41) is 8.83. The Kier molecular flexibility index (Phi) is 4.37. The predicted octanol–water partition coefficient (Wildman–Crippen LogP) is 3.56. The molecule has 0 spiro atoms. The average molecular weight is 352 g/mol. The van der Waals surface area contributed by atoms with Gasteiger partial charge in [0.05, 0.1) is 11.1 Å². The summed E-state index contributed by atoms with van der Waals surface area (Å²) in [7, 11) is 1.50. The van der Waals surface area contributed by atoms with Crippen molar-refractivity contribution in [2.75, 3.05) is 11.9 Å². The lowest BCUT2D eigenvalue weighted by atomic mass is 10.1. The van der Waals surface area contributed by atoms with Gasteiger partial charge >= 0.3 is 5.97 Å². The number of carboxylic acid groups (broad SMARTS) is 1. The van der Waals surface area contributed by atoms with Crippen LogP contribution in [0.3, 0.4) is 0 Å². The van der Waals surface area contributed by atoms with Gasteiger partial charge in [-0.1, -0.05) is 15.9 Å². The van der Waals surface area contributed by atoms with Gasteiger partial charge in [0.1, 0.15) is 5.82 Å². The molecule has 0 atom stereocenters. The van der Waals surface area contributed by atoms with Crippen LogP contribution in [0.4, 0.5) is 10.1 Å². The molecule has 0 unspecified atom stereocenters. The molecule has 2 aromatic rings. The molecular weight excluding hydrogens is 341 g/mol. The van der Waals surface area contributed by atoms with Crippen molar-refractivity contribution in [1.82, 2.24) is 0 Å². The second-order valence-electron chi connectivity index (χ2n) is 4.34. The van der Waals surface area contributed by atoms with Gasteiger partial charge in [0.25, 0.3) is 5.91 Å². The van der Waals surface area contributed by atoms with Gasteiger partial charge in [0, 0.05) is 17.2 Å². The fraction of sp³-hybridized carbons (Fsp3) is 0.0667. The van der Waals surface area contributed by atoms with E-state index in [-0.39, 0.29) is 11.1 Å². The number of carboxylic acids is 1. The van der Waals surface area contributed by atoms with Gasteiger partial charge < -0.3 is 10.0 Å². The smallest absolute Gasteiger partial charge is 0.335 e. The highest BCUT2D eigenvalue weighted by Gasteiger charge is 2.18. The Labute approximate surface area is 128 Å². The SMILES string of the molecule is CN(C(=O)c1ccc(Br)cc1F)c1ccc(C(=O)O)cc1. The zero-order valence-electron chi connectivity index (χ0n) is 11.0. The molecule has 0 aliphatic heterocycles. The van der Waals surface area contributed by atoms with Crippen LogP contribution >= 0.6 is 15.9 Å². The molecule has 1 N–H and O–H groups in total. The monoisotopic (exact) mass is 351 g/mol.